The molecule has 0 spiro atoms. The minimum Gasteiger partial charge on any atom is -0.378 e. The molecule has 2 aromatic heterocycles. The van der Waals surface area contributed by atoms with E-state index in [4.69, 9.17) is 11.6 Å². The van der Waals surface area contributed by atoms with Crippen molar-refractivity contribution < 1.29 is 0 Å². The number of anilines is 1. The van der Waals surface area contributed by atoms with Crippen molar-refractivity contribution in [1.29, 1.82) is 0 Å². The number of aromatic nitrogens is 4. The van der Waals surface area contributed by atoms with E-state index < -0.39 is 5.56 Å². The first-order chi connectivity index (χ1) is 15.2. The molecule has 0 saturated carbocycles. The number of rotatable bonds is 6. The van der Waals surface area contributed by atoms with Crippen LogP contribution in [0.25, 0.3) is 17.0 Å². The second-order valence-corrected chi connectivity index (χ2v) is 8.15. The summed E-state index contributed by atoms with van der Waals surface area (Å²) in [5, 5.41) is 7.65. The van der Waals surface area contributed by atoms with Crippen LogP contribution in [0.5, 0.6) is 0 Å². The lowest BCUT2D eigenvalue weighted by molar-refractivity contribution is 0.330. The normalized spacial score (nSPS) is 14.4. The van der Waals surface area contributed by atoms with Crippen LogP contribution in [0.2, 0.25) is 5.02 Å². The Bertz CT molecular complexity index is 1240. The zero-order valence-electron chi connectivity index (χ0n) is 17.0. The van der Waals surface area contributed by atoms with Crippen molar-refractivity contribution in [3.63, 3.8) is 0 Å². The summed E-state index contributed by atoms with van der Waals surface area (Å²) in [4.78, 5) is 22.8. The minimum atomic E-state index is -0.420. The average Bonchev–Trinajstić information content (AvgIpc) is 3.45. The van der Waals surface area contributed by atoms with Crippen LogP contribution >= 0.6 is 11.6 Å². The summed E-state index contributed by atoms with van der Waals surface area (Å²) in [6.45, 7) is 3.81. The van der Waals surface area contributed by atoms with Crippen molar-refractivity contribution >= 4 is 28.3 Å². The van der Waals surface area contributed by atoms with E-state index in [1.807, 2.05) is 30.3 Å². The maximum absolute atomic E-state index is 12.8. The van der Waals surface area contributed by atoms with Crippen LogP contribution in [0, 0.1) is 0 Å². The summed E-state index contributed by atoms with van der Waals surface area (Å²) < 4.78 is 1.19. The topological polar surface area (TPSA) is 78.8 Å². The second kappa shape index (κ2) is 8.53. The van der Waals surface area contributed by atoms with Crippen molar-refractivity contribution in [3.05, 3.63) is 81.2 Å². The van der Waals surface area contributed by atoms with E-state index in [0.29, 0.717) is 18.2 Å². The predicted octanol–water partition coefficient (Wildman–Crippen LogP) is 3.97. The van der Waals surface area contributed by atoms with Crippen LogP contribution in [0.4, 0.5) is 5.69 Å². The molecule has 31 heavy (non-hydrogen) atoms. The molecule has 0 aliphatic carbocycles. The Morgan fingerprint density at radius 1 is 1.03 bits per heavy atom. The first kappa shape index (κ1) is 19.8. The Labute approximate surface area is 184 Å². The van der Waals surface area contributed by atoms with Crippen molar-refractivity contribution in [2.75, 3.05) is 18.4 Å². The maximum Gasteiger partial charge on any atom is 0.295 e. The van der Waals surface area contributed by atoms with Crippen molar-refractivity contribution in [3.8, 4) is 5.95 Å². The minimum absolute atomic E-state index is 0.0903. The van der Waals surface area contributed by atoms with Crippen LogP contribution in [0.3, 0.4) is 0 Å². The molecule has 1 fully saturated rings. The lowest BCUT2D eigenvalue weighted by Crippen LogP contribution is -2.24. The van der Waals surface area contributed by atoms with Crippen molar-refractivity contribution in [1.82, 2.24) is 24.6 Å². The molecule has 3 heterocycles. The highest BCUT2D eigenvalue weighted by Crippen LogP contribution is 2.21. The van der Waals surface area contributed by atoms with Crippen LogP contribution in [-0.2, 0) is 13.1 Å². The number of imidazole rings is 1. The molecule has 158 valence electrons. The van der Waals surface area contributed by atoms with Gasteiger partial charge < -0.3 is 10.3 Å². The molecule has 8 heteroatoms. The Kier molecular flexibility index (Phi) is 5.44. The smallest absolute Gasteiger partial charge is 0.295 e. The number of H-pyrrole nitrogens is 1. The zero-order chi connectivity index (χ0) is 21.2. The van der Waals surface area contributed by atoms with Crippen LogP contribution in [0.15, 0.2) is 59.5 Å². The van der Waals surface area contributed by atoms with E-state index >= 15 is 0 Å². The molecular weight excluding hydrogens is 412 g/mol. The Morgan fingerprint density at radius 3 is 2.58 bits per heavy atom. The van der Waals surface area contributed by atoms with Gasteiger partial charge in [-0.2, -0.15) is 9.78 Å². The highest BCUT2D eigenvalue weighted by Gasteiger charge is 2.15. The Balaban J connectivity index is 1.36. The molecule has 5 rings (SSSR count). The van der Waals surface area contributed by atoms with E-state index in [9.17, 15) is 4.79 Å². The Morgan fingerprint density at radius 2 is 1.77 bits per heavy atom. The molecule has 0 radical (unpaired) electrons. The predicted molar refractivity (Wildman–Crippen MR) is 123 cm³/mol. The lowest BCUT2D eigenvalue weighted by atomic mass is 10.1. The molecule has 0 atom stereocenters. The molecule has 7 nitrogen and oxygen atoms in total. The monoisotopic (exact) mass is 434 g/mol. The highest BCUT2D eigenvalue weighted by atomic mass is 35.5. The summed E-state index contributed by atoms with van der Waals surface area (Å²) in [6.07, 6.45) is 4.10. The summed E-state index contributed by atoms with van der Waals surface area (Å²) >= 11 is 6.40. The molecule has 2 aromatic carbocycles. The number of fused-ring (bicyclic) bond motifs is 1. The average molecular weight is 435 g/mol. The van der Waals surface area contributed by atoms with Crippen molar-refractivity contribution in [2.24, 2.45) is 0 Å². The van der Waals surface area contributed by atoms with Gasteiger partial charge in [-0.3, -0.25) is 9.69 Å². The summed E-state index contributed by atoms with van der Waals surface area (Å²) in [7, 11) is 0. The summed E-state index contributed by atoms with van der Waals surface area (Å²) in [5.74, 6) is 0.343. The van der Waals surface area contributed by atoms with Gasteiger partial charge in [0.05, 0.1) is 22.9 Å². The molecule has 2 N–H and O–H groups in total. The van der Waals surface area contributed by atoms with E-state index in [1.54, 1.807) is 6.20 Å². The van der Waals surface area contributed by atoms with E-state index in [0.717, 1.165) is 30.7 Å². The number of halogens is 1. The van der Waals surface area contributed by atoms with E-state index in [2.05, 4.69) is 43.5 Å². The lowest BCUT2D eigenvalue weighted by Gasteiger charge is -2.18. The summed E-state index contributed by atoms with van der Waals surface area (Å²) in [6, 6.07) is 15.9. The van der Waals surface area contributed by atoms with Gasteiger partial charge in [0.1, 0.15) is 5.02 Å². The number of benzene rings is 2. The number of likely N-dealkylation sites (tertiary alicyclic amines) is 1. The molecular formula is C23H23ClN6O. The van der Waals surface area contributed by atoms with Gasteiger partial charge in [-0.25, -0.2) is 4.98 Å². The first-order valence-electron chi connectivity index (χ1n) is 10.4. The molecule has 0 unspecified atom stereocenters. The number of nitrogens with one attached hydrogen (secondary N) is 2. The second-order valence-electron chi connectivity index (χ2n) is 7.77. The molecule has 1 aliphatic heterocycles. The van der Waals surface area contributed by atoms with Crippen LogP contribution in [0.1, 0.15) is 24.0 Å². The Hall–Kier alpha value is -3.16. The van der Waals surface area contributed by atoms with Crippen molar-refractivity contribution in [2.45, 2.75) is 25.9 Å². The highest BCUT2D eigenvalue weighted by molar-refractivity contribution is 6.32. The third kappa shape index (κ3) is 4.06. The van der Waals surface area contributed by atoms with E-state index in [-0.39, 0.29) is 5.02 Å². The molecule has 0 amide bonds. The fourth-order valence-electron chi connectivity index (χ4n) is 4.00. The molecule has 4 aromatic rings. The van der Waals surface area contributed by atoms with Gasteiger partial charge in [-0.05, 0) is 49.2 Å². The van der Waals surface area contributed by atoms with Gasteiger partial charge >= 0.3 is 0 Å². The van der Waals surface area contributed by atoms with Gasteiger partial charge in [-0.15, -0.1) is 0 Å². The van der Waals surface area contributed by atoms with Gasteiger partial charge in [-0.1, -0.05) is 48.0 Å². The van der Waals surface area contributed by atoms with Crippen LogP contribution < -0.4 is 10.9 Å². The third-order valence-corrected chi connectivity index (χ3v) is 6.04. The quantitative estimate of drug-likeness (QED) is 0.480. The van der Waals surface area contributed by atoms with Gasteiger partial charge in [0.25, 0.3) is 5.56 Å². The fraction of sp³-hybridized carbons (Fsp3) is 0.261. The van der Waals surface area contributed by atoms with E-state index in [1.165, 1.54) is 28.7 Å². The zero-order valence-corrected chi connectivity index (χ0v) is 17.8. The number of hydrogen-bond acceptors (Lipinski definition) is 5. The number of hydrogen-bond donors (Lipinski definition) is 2. The maximum atomic E-state index is 12.8. The SMILES string of the molecule is O=c1c(Cl)c(NCc2ccccc2CN2CCCC2)cnn1-c1nc2ccccc2[nH]1. The van der Waals surface area contributed by atoms with Crippen LogP contribution in [-0.4, -0.2) is 37.7 Å². The number of aromatic amines is 1. The standard InChI is InChI=1S/C23H23ClN6O/c24-21-20(25-13-16-7-1-2-8-17(16)15-29-11-5-6-12-29)14-26-30(22(21)31)23-27-18-9-3-4-10-19(18)28-23/h1-4,7-10,14,25H,5-6,11-13,15H2,(H,27,28). The van der Waals surface area contributed by atoms with Gasteiger partial charge in [0.2, 0.25) is 5.95 Å². The molecule has 1 saturated heterocycles. The molecule has 1 aliphatic rings. The largest absolute Gasteiger partial charge is 0.378 e. The number of para-hydroxylation sites is 2. The van der Waals surface area contributed by atoms with Gasteiger partial charge in [0, 0.05) is 13.1 Å². The third-order valence-electron chi connectivity index (χ3n) is 5.68. The first-order valence-corrected chi connectivity index (χ1v) is 10.8. The summed E-state index contributed by atoms with van der Waals surface area (Å²) in [5.41, 5.74) is 4.16. The fourth-order valence-corrected chi connectivity index (χ4v) is 4.20. The van der Waals surface area contributed by atoms with Gasteiger partial charge in [0.15, 0.2) is 0 Å². The molecule has 0 bridgehead atoms. The number of nitrogens with zero attached hydrogens (tertiary/aromatic N) is 4.